The lowest BCUT2D eigenvalue weighted by atomic mass is 10.1. The number of nitrogens with zero attached hydrogens (tertiary/aromatic N) is 2. The number of halogens is 1. The molecule has 0 spiro atoms. The Hall–Kier alpha value is -2.03. The molecule has 1 amide bonds. The number of amides is 1. The summed E-state index contributed by atoms with van der Waals surface area (Å²) in [4.78, 5) is 17.9. The van der Waals surface area contributed by atoms with Gasteiger partial charge in [-0.3, -0.25) is 4.99 Å². The van der Waals surface area contributed by atoms with E-state index in [1.54, 1.807) is 11.9 Å². The summed E-state index contributed by atoms with van der Waals surface area (Å²) in [7, 11) is 1.78. The second kappa shape index (κ2) is 11.1. The van der Waals surface area contributed by atoms with Crippen molar-refractivity contribution in [3.8, 4) is 0 Å². The number of likely N-dealkylation sites (tertiary alicyclic amines) is 1. The number of piperidine rings is 1. The van der Waals surface area contributed by atoms with Crippen molar-refractivity contribution in [3.05, 3.63) is 48.0 Å². The van der Waals surface area contributed by atoms with Gasteiger partial charge in [0, 0.05) is 32.7 Å². The SMILES string of the molecule is CCOC(=O)N1CCC(NC(=NC)NCc2ccc3ccccc3c2)CC1.I. The monoisotopic (exact) mass is 496 g/mol. The summed E-state index contributed by atoms with van der Waals surface area (Å²) in [5.41, 5.74) is 1.22. The van der Waals surface area contributed by atoms with Crippen molar-refractivity contribution in [2.45, 2.75) is 32.4 Å². The van der Waals surface area contributed by atoms with Crippen molar-refractivity contribution < 1.29 is 9.53 Å². The second-order valence-electron chi connectivity index (χ2n) is 6.71. The number of fused-ring (bicyclic) bond motifs is 1. The molecule has 0 bridgehead atoms. The molecule has 1 aliphatic heterocycles. The molecule has 2 N–H and O–H groups in total. The van der Waals surface area contributed by atoms with E-state index in [1.165, 1.54) is 16.3 Å². The first-order valence-electron chi connectivity index (χ1n) is 9.56. The van der Waals surface area contributed by atoms with Crippen LogP contribution < -0.4 is 10.6 Å². The third-order valence-corrected chi connectivity index (χ3v) is 4.86. The molecule has 7 heteroatoms. The van der Waals surface area contributed by atoms with Crippen molar-refractivity contribution in [1.82, 2.24) is 15.5 Å². The molecule has 0 unspecified atom stereocenters. The Kier molecular flexibility index (Phi) is 8.82. The van der Waals surface area contributed by atoms with Crippen molar-refractivity contribution in [3.63, 3.8) is 0 Å². The molecule has 0 radical (unpaired) electrons. The number of hydrogen-bond acceptors (Lipinski definition) is 3. The largest absolute Gasteiger partial charge is 0.450 e. The van der Waals surface area contributed by atoms with Crippen LogP contribution in [-0.2, 0) is 11.3 Å². The van der Waals surface area contributed by atoms with Gasteiger partial charge in [0.1, 0.15) is 0 Å². The number of ether oxygens (including phenoxy) is 1. The average molecular weight is 496 g/mol. The summed E-state index contributed by atoms with van der Waals surface area (Å²) in [6.45, 7) is 4.38. The fraction of sp³-hybridized carbons (Fsp3) is 0.429. The maximum absolute atomic E-state index is 11.8. The van der Waals surface area contributed by atoms with Gasteiger partial charge in [-0.15, -0.1) is 24.0 Å². The zero-order valence-electron chi connectivity index (χ0n) is 16.5. The Morgan fingerprint density at radius 1 is 1.18 bits per heavy atom. The number of guanidine groups is 1. The number of aliphatic imine (C=N–C) groups is 1. The normalized spacial score (nSPS) is 15.1. The van der Waals surface area contributed by atoms with Crippen LogP contribution in [0.25, 0.3) is 10.8 Å². The minimum atomic E-state index is -0.213. The van der Waals surface area contributed by atoms with Crippen LogP contribution in [0.2, 0.25) is 0 Å². The maximum Gasteiger partial charge on any atom is 0.409 e. The molecule has 0 atom stereocenters. The number of nitrogens with one attached hydrogen (secondary N) is 2. The third-order valence-electron chi connectivity index (χ3n) is 4.86. The molecule has 152 valence electrons. The Labute approximate surface area is 183 Å². The van der Waals surface area contributed by atoms with Gasteiger partial charge in [-0.05, 0) is 42.2 Å². The van der Waals surface area contributed by atoms with Crippen LogP contribution in [0, 0.1) is 0 Å². The van der Waals surface area contributed by atoms with Gasteiger partial charge < -0.3 is 20.3 Å². The molecular formula is C21H29IN4O2. The van der Waals surface area contributed by atoms with Crippen LogP contribution in [0.15, 0.2) is 47.5 Å². The Morgan fingerprint density at radius 3 is 2.57 bits per heavy atom. The average Bonchev–Trinajstić information content (AvgIpc) is 2.71. The van der Waals surface area contributed by atoms with Crippen molar-refractivity contribution in [1.29, 1.82) is 0 Å². The zero-order chi connectivity index (χ0) is 19.1. The first-order chi connectivity index (χ1) is 13.2. The molecule has 0 aromatic heterocycles. The van der Waals surface area contributed by atoms with Gasteiger partial charge in [-0.1, -0.05) is 36.4 Å². The van der Waals surface area contributed by atoms with Crippen LogP contribution in [0.1, 0.15) is 25.3 Å². The molecule has 3 rings (SSSR count). The molecule has 28 heavy (non-hydrogen) atoms. The summed E-state index contributed by atoms with van der Waals surface area (Å²) >= 11 is 0. The summed E-state index contributed by atoms with van der Waals surface area (Å²) in [6.07, 6.45) is 1.56. The number of benzene rings is 2. The predicted molar refractivity (Wildman–Crippen MR) is 124 cm³/mol. The second-order valence-corrected chi connectivity index (χ2v) is 6.71. The lowest BCUT2D eigenvalue weighted by Crippen LogP contribution is -2.49. The minimum absolute atomic E-state index is 0. The summed E-state index contributed by atoms with van der Waals surface area (Å²) in [5, 5.41) is 9.34. The van der Waals surface area contributed by atoms with Crippen LogP contribution in [0.5, 0.6) is 0 Å². The van der Waals surface area contributed by atoms with Gasteiger partial charge in [-0.25, -0.2) is 4.79 Å². The van der Waals surface area contributed by atoms with Crippen LogP contribution in [0.3, 0.4) is 0 Å². The minimum Gasteiger partial charge on any atom is -0.450 e. The number of hydrogen-bond donors (Lipinski definition) is 2. The lowest BCUT2D eigenvalue weighted by Gasteiger charge is -2.32. The van der Waals surface area contributed by atoms with Crippen molar-refractivity contribution >= 4 is 46.8 Å². The van der Waals surface area contributed by atoms with Crippen molar-refractivity contribution in [2.75, 3.05) is 26.7 Å². The molecule has 1 aliphatic rings. The topological polar surface area (TPSA) is 66.0 Å². The van der Waals surface area contributed by atoms with E-state index in [0.29, 0.717) is 32.3 Å². The van der Waals surface area contributed by atoms with Gasteiger partial charge in [0.25, 0.3) is 0 Å². The van der Waals surface area contributed by atoms with E-state index in [-0.39, 0.29) is 30.1 Å². The highest BCUT2D eigenvalue weighted by Crippen LogP contribution is 2.15. The summed E-state index contributed by atoms with van der Waals surface area (Å²) < 4.78 is 5.07. The fourth-order valence-electron chi connectivity index (χ4n) is 3.34. The predicted octanol–water partition coefficient (Wildman–Crippen LogP) is 3.74. The summed E-state index contributed by atoms with van der Waals surface area (Å²) in [5.74, 6) is 0.790. The Balaban J connectivity index is 0.00000280. The quantitative estimate of drug-likeness (QED) is 0.385. The third kappa shape index (κ3) is 5.98. The first kappa shape index (κ1) is 22.3. The van der Waals surface area contributed by atoms with Gasteiger partial charge >= 0.3 is 6.09 Å². The molecule has 2 aromatic carbocycles. The lowest BCUT2D eigenvalue weighted by molar-refractivity contribution is 0.0963. The smallest absolute Gasteiger partial charge is 0.409 e. The van der Waals surface area contributed by atoms with Crippen LogP contribution in [-0.4, -0.2) is 49.7 Å². The molecule has 6 nitrogen and oxygen atoms in total. The van der Waals surface area contributed by atoms with Gasteiger partial charge in [-0.2, -0.15) is 0 Å². The maximum atomic E-state index is 11.8. The standard InChI is InChI=1S/C21H28N4O2.HI/c1-3-27-21(26)25-12-10-19(11-13-25)24-20(22-2)23-15-16-8-9-17-6-4-5-7-18(17)14-16;/h4-9,14,19H,3,10-13,15H2,1-2H3,(H2,22,23,24);1H. The molecular weight excluding hydrogens is 467 g/mol. The highest BCUT2D eigenvalue weighted by molar-refractivity contribution is 14.0. The zero-order valence-corrected chi connectivity index (χ0v) is 18.8. The van der Waals surface area contributed by atoms with Gasteiger partial charge in [0.2, 0.25) is 0 Å². The molecule has 1 fully saturated rings. The van der Waals surface area contributed by atoms with E-state index >= 15 is 0 Å². The first-order valence-corrected chi connectivity index (χ1v) is 9.56. The Morgan fingerprint density at radius 2 is 1.89 bits per heavy atom. The van der Waals surface area contributed by atoms with E-state index in [2.05, 4.69) is 58.1 Å². The van der Waals surface area contributed by atoms with Gasteiger partial charge in [0.15, 0.2) is 5.96 Å². The molecule has 0 saturated carbocycles. The van der Waals surface area contributed by atoms with Crippen molar-refractivity contribution in [2.24, 2.45) is 4.99 Å². The molecule has 1 heterocycles. The van der Waals surface area contributed by atoms with E-state index in [4.69, 9.17) is 4.74 Å². The van der Waals surface area contributed by atoms with E-state index < -0.39 is 0 Å². The Bertz CT molecular complexity index is 804. The number of carbonyl (C=O) groups excluding carboxylic acids is 1. The molecule has 1 saturated heterocycles. The highest BCUT2D eigenvalue weighted by atomic mass is 127. The fourth-order valence-corrected chi connectivity index (χ4v) is 3.34. The van der Waals surface area contributed by atoms with Gasteiger partial charge in [0.05, 0.1) is 6.61 Å². The van der Waals surface area contributed by atoms with E-state index in [9.17, 15) is 4.79 Å². The molecule has 2 aromatic rings. The van der Waals surface area contributed by atoms with E-state index in [0.717, 1.165) is 18.8 Å². The molecule has 0 aliphatic carbocycles. The number of rotatable bonds is 4. The van der Waals surface area contributed by atoms with E-state index in [1.807, 2.05) is 6.92 Å². The van der Waals surface area contributed by atoms with Crippen LogP contribution in [0.4, 0.5) is 4.79 Å². The van der Waals surface area contributed by atoms with Crippen LogP contribution >= 0.6 is 24.0 Å². The summed E-state index contributed by atoms with van der Waals surface area (Å²) in [6, 6.07) is 15.2. The number of carbonyl (C=O) groups is 1. The highest BCUT2D eigenvalue weighted by Gasteiger charge is 2.23.